The molecule has 4 amide bonds. The molecule has 4 rings (SSSR count). The van der Waals surface area contributed by atoms with Gasteiger partial charge in [-0.05, 0) is 31.0 Å². The Morgan fingerprint density at radius 3 is 2.72 bits per heavy atom. The molecule has 2 aromatic carbocycles. The molecule has 0 bridgehead atoms. The number of carbonyl (C=O) groups is 3. The number of urea groups is 1. The first-order chi connectivity index (χ1) is 14.0. The zero-order valence-electron chi connectivity index (χ0n) is 15.9. The molecule has 0 unspecified atom stereocenters. The monoisotopic (exact) mass is 395 g/mol. The van der Waals surface area contributed by atoms with E-state index in [1.807, 2.05) is 37.3 Å². The standard InChI is InChI=1S/C21H21N3O5/c1-13(14-5-3-2-4-6-14)24-20(26)16(23-21(24)27)8-10-19(25)22-15-7-9-17-18(11-15)29-12-28-17/h2-7,9,11,13,16H,8,10,12H2,1H3,(H,22,25)(H,23,27)/t13-,16-/m0/s1. The van der Waals surface area contributed by atoms with Gasteiger partial charge in [-0.2, -0.15) is 0 Å². The largest absolute Gasteiger partial charge is 0.454 e. The van der Waals surface area contributed by atoms with Crippen LogP contribution >= 0.6 is 0 Å². The number of benzene rings is 2. The number of anilines is 1. The summed E-state index contributed by atoms with van der Waals surface area (Å²) in [5.74, 6) is 0.643. The second-order valence-electron chi connectivity index (χ2n) is 6.95. The van der Waals surface area contributed by atoms with Gasteiger partial charge in [-0.3, -0.25) is 14.5 Å². The van der Waals surface area contributed by atoms with E-state index in [2.05, 4.69) is 10.6 Å². The molecule has 0 radical (unpaired) electrons. The lowest BCUT2D eigenvalue weighted by atomic mass is 10.1. The molecule has 1 fully saturated rings. The average molecular weight is 395 g/mol. The van der Waals surface area contributed by atoms with Crippen LogP contribution in [0.1, 0.15) is 31.4 Å². The summed E-state index contributed by atoms with van der Waals surface area (Å²) >= 11 is 0. The van der Waals surface area contributed by atoms with Gasteiger partial charge in [-0.25, -0.2) is 4.79 Å². The maximum absolute atomic E-state index is 12.7. The number of rotatable bonds is 6. The van der Waals surface area contributed by atoms with Crippen molar-refractivity contribution in [1.29, 1.82) is 0 Å². The smallest absolute Gasteiger partial charge is 0.325 e. The highest BCUT2D eigenvalue weighted by atomic mass is 16.7. The molecule has 0 spiro atoms. The number of nitrogens with zero attached hydrogens (tertiary/aromatic N) is 1. The predicted octanol–water partition coefficient (Wildman–Crippen LogP) is 2.82. The molecule has 2 aliphatic heterocycles. The molecule has 150 valence electrons. The fourth-order valence-corrected chi connectivity index (χ4v) is 3.46. The van der Waals surface area contributed by atoms with Gasteiger partial charge in [-0.15, -0.1) is 0 Å². The van der Waals surface area contributed by atoms with Crippen molar-refractivity contribution >= 4 is 23.5 Å². The topological polar surface area (TPSA) is 97.0 Å². The van der Waals surface area contributed by atoms with Crippen molar-refractivity contribution in [2.45, 2.75) is 31.8 Å². The third-order valence-corrected chi connectivity index (χ3v) is 5.04. The van der Waals surface area contributed by atoms with E-state index in [-0.39, 0.29) is 37.5 Å². The van der Waals surface area contributed by atoms with Gasteiger partial charge in [0.05, 0.1) is 6.04 Å². The SMILES string of the molecule is C[C@@H](c1ccccc1)N1C(=O)N[C@@H](CCC(=O)Nc2ccc3c(c2)OCO3)C1=O. The van der Waals surface area contributed by atoms with E-state index in [1.54, 1.807) is 18.2 Å². The quantitative estimate of drug-likeness (QED) is 0.733. The summed E-state index contributed by atoms with van der Waals surface area (Å²) in [4.78, 5) is 38.5. The maximum Gasteiger partial charge on any atom is 0.325 e. The van der Waals surface area contributed by atoms with Gasteiger partial charge in [-0.1, -0.05) is 30.3 Å². The molecular weight excluding hydrogens is 374 g/mol. The number of hydrogen-bond acceptors (Lipinski definition) is 5. The Balaban J connectivity index is 1.33. The lowest BCUT2D eigenvalue weighted by Crippen LogP contribution is -2.34. The van der Waals surface area contributed by atoms with Crippen LogP contribution in [-0.2, 0) is 9.59 Å². The van der Waals surface area contributed by atoms with Gasteiger partial charge in [0.1, 0.15) is 6.04 Å². The van der Waals surface area contributed by atoms with Crippen LogP contribution in [0, 0.1) is 0 Å². The molecule has 8 nitrogen and oxygen atoms in total. The maximum atomic E-state index is 12.7. The predicted molar refractivity (Wildman–Crippen MR) is 104 cm³/mol. The van der Waals surface area contributed by atoms with Gasteiger partial charge in [0, 0.05) is 18.2 Å². The Labute approximate surface area is 167 Å². The minimum atomic E-state index is -0.712. The molecule has 1 saturated heterocycles. The molecule has 2 aliphatic rings. The number of fused-ring (bicyclic) bond motifs is 1. The zero-order chi connectivity index (χ0) is 20.4. The Morgan fingerprint density at radius 2 is 1.93 bits per heavy atom. The lowest BCUT2D eigenvalue weighted by molar-refractivity contribution is -0.129. The van der Waals surface area contributed by atoms with Crippen molar-refractivity contribution in [3.8, 4) is 11.5 Å². The van der Waals surface area contributed by atoms with Gasteiger partial charge in [0.2, 0.25) is 12.7 Å². The summed E-state index contributed by atoms with van der Waals surface area (Å²) in [5, 5.41) is 5.45. The van der Waals surface area contributed by atoms with Gasteiger partial charge < -0.3 is 20.1 Å². The molecular formula is C21H21N3O5. The number of carbonyl (C=O) groups excluding carboxylic acids is 3. The highest BCUT2D eigenvalue weighted by molar-refractivity contribution is 6.05. The molecule has 29 heavy (non-hydrogen) atoms. The minimum absolute atomic E-state index is 0.0959. The third-order valence-electron chi connectivity index (χ3n) is 5.04. The first kappa shape index (κ1) is 18.8. The van der Waals surface area contributed by atoms with Crippen LogP contribution in [0.15, 0.2) is 48.5 Å². The van der Waals surface area contributed by atoms with Gasteiger partial charge in [0.15, 0.2) is 11.5 Å². The number of nitrogens with one attached hydrogen (secondary N) is 2. The van der Waals surface area contributed by atoms with Crippen LogP contribution in [-0.4, -0.2) is 35.6 Å². The number of ether oxygens (including phenoxy) is 2. The van der Waals surface area contributed by atoms with E-state index >= 15 is 0 Å². The number of imide groups is 1. The van der Waals surface area contributed by atoms with Gasteiger partial charge in [0.25, 0.3) is 5.91 Å². The van der Waals surface area contributed by atoms with Crippen molar-refractivity contribution in [3.05, 3.63) is 54.1 Å². The summed E-state index contributed by atoms with van der Waals surface area (Å²) < 4.78 is 10.5. The molecule has 2 heterocycles. The first-order valence-corrected chi connectivity index (χ1v) is 9.41. The van der Waals surface area contributed by atoms with Crippen LogP contribution in [0.3, 0.4) is 0 Å². The van der Waals surface area contributed by atoms with E-state index in [0.717, 1.165) is 5.56 Å². The second-order valence-corrected chi connectivity index (χ2v) is 6.95. The molecule has 2 atom stereocenters. The van der Waals surface area contributed by atoms with Gasteiger partial charge >= 0.3 is 6.03 Å². The first-order valence-electron chi connectivity index (χ1n) is 9.41. The van der Waals surface area contributed by atoms with Crippen LogP contribution < -0.4 is 20.1 Å². The van der Waals surface area contributed by atoms with Crippen LogP contribution in [0.5, 0.6) is 11.5 Å². The fraction of sp³-hybridized carbons (Fsp3) is 0.286. The van der Waals surface area contributed by atoms with Crippen LogP contribution in [0.25, 0.3) is 0 Å². The molecule has 0 aliphatic carbocycles. The second kappa shape index (κ2) is 7.83. The van der Waals surface area contributed by atoms with Crippen LogP contribution in [0.4, 0.5) is 10.5 Å². The van der Waals surface area contributed by atoms with E-state index in [9.17, 15) is 14.4 Å². The summed E-state index contributed by atoms with van der Waals surface area (Å²) in [5.41, 5.74) is 1.46. The van der Waals surface area contributed by atoms with E-state index < -0.39 is 12.1 Å². The Bertz CT molecular complexity index is 947. The molecule has 8 heteroatoms. The normalized spacial score (nSPS) is 18.5. The highest BCUT2D eigenvalue weighted by Crippen LogP contribution is 2.34. The fourth-order valence-electron chi connectivity index (χ4n) is 3.46. The van der Waals surface area contributed by atoms with Crippen molar-refractivity contribution in [1.82, 2.24) is 10.2 Å². The van der Waals surface area contributed by atoms with Crippen molar-refractivity contribution in [2.75, 3.05) is 12.1 Å². The Kier molecular flexibility index (Phi) is 5.07. The number of hydrogen-bond donors (Lipinski definition) is 2. The summed E-state index contributed by atoms with van der Waals surface area (Å²) in [7, 11) is 0. The van der Waals surface area contributed by atoms with Crippen molar-refractivity contribution in [3.63, 3.8) is 0 Å². The third kappa shape index (κ3) is 3.87. The molecule has 2 N–H and O–H groups in total. The van der Waals surface area contributed by atoms with Crippen LogP contribution in [0.2, 0.25) is 0 Å². The summed E-state index contributed by atoms with van der Waals surface area (Å²) in [6, 6.07) is 13.0. The lowest BCUT2D eigenvalue weighted by Gasteiger charge is -2.21. The molecule has 0 aromatic heterocycles. The zero-order valence-corrected chi connectivity index (χ0v) is 15.9. The highest BCUT2D eigenvalue weighted by Gasteiger charge is 2.40. The Morgan fingerprint density at radius 1 is 1.17 bits per heavy atom. The molecule has 2 aromatic rings. The minimum Gasteiger partial charge on any atom is -0.454 e. The van der Waals surface area contributed by atoms with E-state index in [4.69, 9.17) is 9.47 Å². The summed E-state index contributed by atoms with van der Waals surface area (Å²) in [6.07, 6.45) is 0.317. The summed E-state index contributed by atoms with van der Waals surface area (Å²) in [6.45, 7) is 1.97. The van der Waals surface area contributed by atoms with Crippen molar-refractivity contribution < 1.29 is 23.9 Å². The van der Waals surface area contributed by atoms with E-state index in [1.165, 1.54) is 4.90 Å². The number of amides is 4. The van der Waals surface area contributed by atoms with Crippen molar-refractivity contribution in [2.24, 2.45) is 0 Å². The average Bonchev–Trinajstić information content (AvgIpc) is 3.30. The van der Waals surface area contributed by atoms with E-state index in [0.29, 0.717) is 17.2 Å². The Hall–Kier alpha value is -3.55. The molecule has 0 saturated carbocycles.